The zero-order chi connectivity index (χ0) is 18.8. The molecule has 7 heteroatoms. The average Bonchev–Trinajstić information content (AvgIpc) is 3.07. The summed E-state index contributed by atoms with van der Waals surface area (Å²) in [5.41, 5.74) is 2.77. The van der Waals surface area contributed by atoms with Crippen molar-refractivity contribution in [3.8, 4) is 17.2 Å². The Bertz CT molecular complexity index is 983. The van der Waals surface area contributed by atoms with Gasteiger partial charge in [0.05, 0.1) is 5.75 Å². The second kappa shape index (κ2) is 7.44. The molecule has 0 spiro atoms. The lowest BCUT2D eigenvalue weighted by Gasteiger charge is -2.18. The van der Waals surface area contributed by atoms with Crippen molar-refractivity contribution in [3.63, 3.8) is 0 Å². The first-order valence-electron chi connectivity index (χ1n) is 8.66. The molecule has 6 nitrogen and oxygen atoms in total. The highest BCUT2D eigenvalue weighted by Crippen LogP contribution is 2.31. The summed E-state index contributed by atoms with van der Waals surface area (Å²) in [7, 11) is 0. The van der Waals surface area contributed by atoms with E-state index < -0.39 is 0 Å². The first-order chi connectivity index (χ1) is 13.1. The van der Waals surface area contributed by atoms with E-state index in [2.05, 4.69) is 10.2 Å². The van der Waals surface area contributed by atoms with Gasteiger partial charge in [0.1, 0.15) is 19.0 Å². The van der Waals surface area contributed by atoms with Crippen LogP contribution in [0.4, 0.5) is 0 Å². The molecule has 4 rings (SSSR count). The summed E-state index contributed by atoms with van der Waals surface area (Å²) < 4.78 is 13.0. The van der Waals surface area contributed by atoms with E-state index >= 15 is 0 Å². The van der Waals surface area contributed by atoms with E-state index in [1.54, 1.807) is 18.2 Å². The van der Waals surface area contributed by atoms with Gasteiger partial charge in [-0.1, -0.05) is 29.5 Å². The van der Waals surface area contributed by atoms with Crippen LogP contribution in [0.1, 0.15) is 21.7 Å². The largest absolute Gasteiger partial charge is 0.486 e. The molecular formula is C20H19N3O3S. The molecule has 2 aromatic carbocycles. The molecule has 0 atom stereocenters. The number of carbonyl (C=O) groups excluding carboxylic acids is 1. The van der Waals surface area contributed by atoms with Crippen molar-refractivity contribution >= 4 is 17.5 Å². The Morgan fingerprint density at radius 1 is 1.04 bits per heavy atom. The van der Waals surface area contributed by atoms with E-state index in [1.165, 1.54) is 17.3 Å². The van der Waals surface area contributed by atoms with E-state index in [1.807, 2.05) is 42.7 Å². The predicted octanol–water partition coefficient (Wildman–Crippen LogP) is 3.63. The molecule has 1 aromatic heterocycles. The molecular weight excluding hydrogens is 362 g/mol. The number of aryl methyl sites for hydroxylation is 2. The molecule has 0 saturated carbocycles. The first kappa shape index (κ1) is 17.6. The Hall–Kier alpha value is -2.80. The van der Waals surface area contributed by atoms with E-state index in [4.69, 9.17) is 9.47 Å². The summed E-state index contributed by atoms with van der Waals surface area (Å²) in [6.45, 7) is 4.98. The van der Waals surface area contributed by atoms with Crippen molar-refractivity contribution in [1.29, 1.82) is 0 Å². The van der Waals surface area contributed by atoms with E-state index in [0.717, 1.165) is 11.5 Å². The van der Waals surface area contributed by atoms with E-state index in [-0.39, 0.29) is 11.5 Å². The molecule has 27 heavy (non-hydrogen) atoms. The third kappa shape index (κ3) is 3.68. The van der Waals surface area contributed by atoms with Crippen LogP contribution < -0.4 is 9.47 Å². The number of hydrogen-bond donors (Lipinski definition) is 0. The number of hydrogen-bond acceptors (Lipinski definition) is 6. The van der Waals surface area contributed by atoms with Gasteiger partial charge in [0, 0.05) is 11.3 Å². The van der Waals surface area contributed by atoms with Gasteiger partial charge in [-0.05, 0) is 44.2 Å². The molecule has 3 aromatic rings. The smallest absolute Gasteiger partial charge is 0.196 e. The standard InChI is InChI=1S/C20H19N3O3S/c1-13-3-6-16(7-4-13)23-14(2)21-22-20(23)27-12-17(24)15-5-8-18-19(11-15)26-10-9-25-18/h3-8,11H,9-10,12H2,1-2H3. The fourth-order valence-corrected chi connectivity index (χ4v) is 3.75. The van der Waals surface area contributed by atoms with Crippen LogP contribution >= 0.6 is 11.8 Å². The van der Waals surface area contributed by atoms with Gasteiger partial charge in [-0.2, -0.15) is 0 Å². The van der Waals surface area contributed by atoms with Gasteiger partial charge in [0.2, 0.25) is 0 Å². The highest BCUT2D eigenvalue weighted by Gasteiger charge is 2.17. The second-order valence-electron chi connectivity index (χ2n) is 6.27. The number of carbonyl (C=O) groups is 1. The maximum absolute atomic E-state index is 12.6. The van der Waals surface area contributed by atoms with Crippen LogP contribution in [0.5, 0.6) is 11.5 Å². The van der Waals surface area contributed by atoms with Crippen LogP contribution in [0.15, 0.2) is 47.6 Å². The number of fused-ring (bicyclic) bond motifs is 1. The van der Waals surface area contributed by atoms with Gasteiger partial charge in [0.15, 0.2) is 22.4 Å². The van der Waals surface area contributed by atoms with Crippen molar-refractivity contribution in [1.82, 2.24) is 14.8 Å². The Morgan fingerprint density at radius 3 is 2.56 bits per heavy atom. The van der Waals surface area contributed by atoms with Gasteiger partial charge in [-0.15, -0.1) is 10.2 Å². The minimum Gasteiger partial charge on any atom is -0.486 e. The Kier molecular flexibility index (Phi) is 4.85. The number of aromatic nitrogens is 3. The van der Waals surface area contributed by atoms with E-state index in [9.17, 15) is 4.79 Å². The monoisotopic (exact) mass is 381 g/mol. The number of benzene rings is 2. The van der Waals surface area contributed by atoms with Gasteiger partial charge >= 0.3 is 0 Å². The second-order valence-corrected chi connectivity index (χ2v) is 7.21. The van der Waals surface area contributed by atoms with E-state index in [0.29, 0.717) is 35.4 Å². The highest BCUT2D eigenvalue weighted by atomic mass is 32.2. The Balaban J connectivity index is 1.51. The summed E-state index contributed by atoms with van der Waals surface area (Å²) in [6, 6.07) is 13.4. The third-order valence-corrected chi connectivity index (χ3v) is 5.21. The predicted molar refractivity (Wildman–Crippen MR) is 103 cm³/mol. The van der Waals surface area contributed by atoms with Crippen LogP contribution in [0.3, 0.4) is 0 Å². The zero-order valence-electron chi connectivity index (χ0n) is 15.1. The number of ether oxygens (including phenoxy) is 2. The minimum atomic E-state index is 0.00748. The van der Waals surface area contributed by atoms with Gasteiger partial charge in [-0.3, -0.25) is 9.36 Å². The molecule has 2 heterocycles. The molecule has 0 bridgehead atoms. The molecule has 0 N–H and O–H groups in total. The molecule has 0 saturated heterocycles. The fourth-order valence-electron chi connectivity index (χ4n) is 2.86. The maximum atomic E-state index is 12.6. The highest BCUT2D eigenvalue weighted by molar-refractivity contribution is 7.99. The molecule has 0 fully saturated rings. The number of ketones is 1. The molecule has 0 unspecified atom stereocenters. The lowest BCUT2D eigenvalue weighted by atomic mass is 10.1. The van der Waals surface area contributed by atoms with Crippen LogP contribution in [-0.2, 0) is 0 Å². The maximum Gasteiger partial charge on any atom is 0.196 e. The summed E-state index contributed by atoms with van der Waals surface area (Å²) in [5.74, 6) is 2.36. The Morgan fingerprint density at radius 2 is 1.78 bits per heavy atom. The van der Waals surface area contributed by atoms with Gasteiger partial charge in [-0.25, -0.2) is 0 Å². The summed E-state index contributed by atoms with van der Waals surface area (Å²) in [6.07, 6.45) is 0. The number of rotatable bonds is 5. The summed E-state index contributed by atoms with van der Waals surface area (Å²) in [5, 5.41) is 9.09. The SMILES string of the molecule is Cc1ccc(-n2c(C)nnc2SCC(=O)c2ccc3c(c2)OCCO3)cc1. The van der Waals surface area contributed by atoms with Gasteiger partial charge in [0.25, 0.3) is 0 Å². The molecule has 0 radical (unpaired) electrons. The molecule has 0 amide bonds. The van der Waals surface area contributed by atoms with Crippen LogP contribution in [0, 0.1) is 13.8 Å². The first-order valence-corrected chi connectivity index (χ1v) is 9.65. The minimum absolute atomic E-state index is 0.00748. The quantitative estimate of drug-likeness (QED) is 0.497. The van der Waals surface area contributed by atoms with Gasteiger partial charge < -0.3 is 9.47 Å². The number of nitrogens with zero attached hydrogens (tertiary/aromatic N) is 3. The van der Waals surface area contributed by atoms with Crippen molar-refractivity contribution < 1.29 is 14.3 Å². The molecule has 138 valence electrons. The number of thioether (sulfide) groups is 1. The average molecular weight is 381 g/mol. The van der Waals surface area contributed by atoms with Crippen molar-refractivity contribution in [2.75, 3.05) is 19.0 Å². The fraction of sp³-hybridized carbons (Fsp3) is 0.250. The van der Waals surface area contributed by atoms with Crippen molar-refractivity contribution in [2.45, 2.75) is 19.0 Å². The van der Waals surface area contributed by atoms with Crippen LogP contribution in [0.2, 0.25) is 0 Å². The normalized spacial score (nSPS) is 12.8. The lowest BCUT2D eigenvalue weighted by Crippen LogP contribution is -2.16. The summed E-state index contributed by atoms with van der Waals surface area (Å²) in [4.78, 5) is 12.6. The number of Topliss-reactive ketones (excluding diaryl/α,β-unsaturated/α-hetero) is 1. The summed E-state index contributed by atoms with van der Waals surface area (Å²) >= 11 is 1.37. The third-order valence-electron chi connectivity index (χ3n) is 4.28. The lowest BCUT2D eigenvalue weighted by molar-refractivity contribution is 0.102. The molecule has 0 aliphatic carbocycles. The van der Waals surface area contributed by atoms with Crippen LogP contribution in [0.25, 0.3) is 5.69 Å². The molecule has 1 aliphatic heterocycles. The van der Waals surface area contributed by atoms with Crippen molar-refractivity contribution in [2.24, 2.45) is 0 Å². The molecule has 1 aliphatic rings. The topological polar surface area (TPSA) is 66.2 Å². The van der Waals surface area contributed by atoms with Crippen LogP contribution in [-0.4, -0.2) is 39.5 Å². The van der Waals surface area contributed by atoms with Crippen molar-refractivity contribution in [3.05, 3.63) is 59.4 Å². The zero-order valence-corrected chi connectivity index (χ0v) is 16.0. The Labute approximate surface area is 161 Å².